The SMILES string of the molecule is CCCCC(CN)CCC. The van der Waals surface area contributed by atoms with Gasteiger partial charge < -0.3 is 5.73 Å². The predicted molar refractivity (Wildman–Crippen MR) is 47.0 cm³/mol. The first kappa shape index (κ1) is 9.96. The van der Waals surface area contributed by atoms with Crippen molar-refractivity contribution in [3.63, 3.8) is 0 Å². The third-order valence-electron chi connectivity index (χ3n) is 2.00. The highest BCUT2D eigenvalue weighted by Gasteiger charge is 2.02. The van der Waals surface area contributed by atoms with Crippen LogP contribution in [0.2, 0.25) is 0 Å². The van der Waals surface area contributed by atoms with Crippen LogP contribution in [0.25, 0.3) is 0 Å². The maximum Gasteiger partial charge on any atom is -0.00489 e. The summed E-state index contributed by atoms with van der Waals surface area (Å²) >= 11 is 0. The van der Waals surface area contributed by atoms with Crippen LogP contribution >= 0.6 is 0 Å². The van der Waals surface area contributed by atoms with Gasteiger partial charge in [-0.2, -0.15) is 0 Å². The summed E-state index contributed by atoms with van der Waals surface area (Å²) in [4.78, 5) is 0. The van der Waals surface area contributed by atoms with Gasteiger partial charge >= 0.3 is 0 Å². The van der Waals surface area contributed by atoms with Crippen LogP contribution in [0.5, 0.6) is 0 Å². The predicted octanol–water partition coefficient (Wildman–Crippen LogP) is 2.55. The summed E-state index contributed by atoms with van der Waals surface area (Å²) in [5.41, 5.74) is 5.60. The lowest BCUT2D eigenvalue weighted by molar-refractivity contribution is 0.439. The van der Waals surface area contributed by atoms with Crippen LogP contribution in [0.3, 0.4) is 0 Å². The summed E-state index contributed by atoms with van der Waals surface area (Å²) in [7, 11) is 0. The third kappa shape index (κ3) is 4.80. The van der Waals surface area contributed by atoms with Gasteiger partial charge in [-0.3, -0.25) is 0 Å². The molecule has 10 heavy (non-hydrogen) atoms. The van der Waals surface area contributed by atoms with Crippen LogP contribution in [0.4, 0.5) is 0 Å². The first-order valence-corrected chi connectivity index (χ1v) is 4.55. The van der Waals surface area contributed by atoms with Gasteiger partial charge in [-0.1, -0.05) is 33.1 Å². The van der Waals surface area contributed by atoms with Crippen LogP contribution in [0.15, 0.2) is 0 Å². The Hall–Kier alpha value is -0.0400. The molecule has 0 aliphatic rings. The molecular formula is C9H21N. The maximum atomic E-state index is 5.60. The average molecular weight is 143 g/mol. The summed E-state index contributed by atoms with van der Waals surface area (Å²) in [6.07, 6.45) is 6.59. The quantitative estimate of drug-likeness (QED) is 0.607. The number of unbranched alkanes of at least 4 members (excludes halogenated alkanes) is 1. The van der Waals surface area contributed by atoms with E-state index in [9.17, 15) is 0 Å². The molecule has 0 aromatic rings. The van der Waals surface area contributed by atoms with E-state index < -0.39 is 0 Å². The van der Waals surface area contributed by atoms with Gasteiger partial charge in [-0.05, 0) is 25.3 Å². The van der Waals surface area contributed by atoms with Crippen LogP contribution in [0.1, 0.15) is 46.0 Å². The van der Waals surface area contributed by atoms with Gasteiger partial charge in [0, 0.05) is 0 Å². The lowest BCUT2D eigenvalue weighted by atomic mass is 9.98. The molecule has 0 heterocycles. The van der Waals surface area contributed by atoms with Gasteiger partial charge in [-0.25, -0.2) is 0 Å². The molecule has 0 fully saturated rings. The maximum absolute atomic E-state index is 5.60. The lowest BCUT2D eigenvalue weighted by Gasteiger charge is -2.11. The normalized spacial score (nSPS) is 13.5. The molecule has 0 aliphatic carbocycles. The van der Waals surface area contributed by atoms with E-state index in [4.69, 9.17) is 5.73 Å². The number of nitrogens with two attached hydrogens (primary N) is 1. The van der Waals surface area contributed by atoms with Crippen molar-refractivity contribution in [1.29, 1.82) is 0 Å². The zero-order valence-corrected chi connectivity index (χ0v) is 7.40. The number of hydrogen-bond acceptors (Lipinski definition) is 1. The molecule has 0 rings (SSSR count). The summed E-state index contributed by atoms with van der Waals surface area (Å²) in [5.74, 6) is 0.796. The fourth-order valence-corrected chi connectivity index (χ4v) is 1.28. The van der Waals surface area contributed by atoms with Crippen LogP contribution in [-0.2, 0) is 0 Å². The molecule has 0 saturated heterocycles. The first-order chi connectivity index (χ1) is 4.85. The van der Waals surface area contributed by atoms with E-state index in [2.05, 4.69) is 13.8 Å². The molecule has 2 N–H and O–H groups in total. The number of hydrogen-bond donors (Lipinski definition) is 1. The Morgan fingerprint density at radius 2 is 1.80 bits per heavy atom. The van der Waals surface area contributed by atoms with E-state index in [0.29, 0.717) is 0 Å². The molecule has 1 heteroatoms. The Bertz CT molecular complexity index is 61.7. The van der Waals surface area contributed by atoms with E-state index in [0.717, 1.165) is 12.5 Å². The Labute approximate surface area is 65.0 Å². The second kappa shape index (κ2) is 7.07. The highest BCUT2D eigenvalue weighted by molar-refractivity contribution is 4.58. The average Bonchev–Trinajstić information content (AvgIpc) is 1.98. The molecule has 0 saturated carbocycles. The standard InChI is InChI=1S/C9H21N/c1-3-5-7-9(8-10)6-4-2/h9H,3-8,10H2,1-2H3. The molecule has 0 spiro atoms. The highest BCUT2D eigenvalue weighted by Crippen LogP contribution is 2.12. The molecule has 1 nitrogen and oxygen atoms in total. The molecule has 0 radical (unpaired) electrons. The minimum Gasteiger partial charge on any atom is -0.330 e. The second-order valence-electron chi connectivity index (χ2n) is 3.03. The minimum absolute atomic E-state index is 0.796. The van der Waals surface area contributed by atoms with Crippen LogP contribution in [0, 0.1) is 5.92 Å². The van der Waals surface area contributed by atoms with Crippen molar-refractivity contribution in [2.24, 2.45) is 11.7 Å². The minimum atomic E-state index is 0.796. The van der Waals surface area contributed by atoms with Crippen molar-refractivity contribution in [3.05, 3.63) is 0 Å². The smallest absolute Gasteiger partial charge is 0.00489 e. The van der Waals surface area contributed by atoms with Gasteiger partial charge in [0.25, 0.3) is 0 Å². The lowest BCUT2D eigenvalue weighted by Crippen LogP contribution is -2.13. The Balaban J connectivity index is 3.21. The van der Waals surface area contributed by atoms with Crippen molar-refractivity contribution in [1.82, 2.24) is 0 Å². The van der Waals surface area contributed by atoms with Gasteiger partial charge in [0.05, 0.1) is 0 Å². The topological polar surface area (TPSA) is 26.0 Å². The fourth-order valence-electron chi connectivity index (χ4n) is 1.28. The molecule has 0 amide bonds. The molecule has 0 bridgehead atoms. The molecule has 1 atom stereocenters. The molecule has 1 unspecified atom stereocenters. The summed E-state index contributed by atoms with van der Waals surface area (Å²) in [5, 5.41) is 0. The summed E-state index contributed by atoms with van der Waals surface area (Å²) < 4.78 is 0. The second-order valence-corrected chi connectivity index (χ2v) is 3.03. The van der Waals surface area contributed by atoms with Crippen LogP contribution in [-0.4, -0.2) is 6.54 Å². The summed E-state index contributed by atoms with van der Waals surface area (Å²) in [6, 6.07) is 0. The van der Waals surface area contributed by atoms with Crippen LogP contribution < -0.4 is 5.73 Å². The summed E-state index contributed by atoms with van der Waals surface area (Å²) in [6.45, 7) is 5.35. The molecule has 0 aliphatic heterocycles. The molecule has 62 valence electrons. The van der Waals surface area contributed by atoms with Gasteiger partial charge in [0.1, 0.15) is 0 Å². The van der Waals surface area contributed by atoms with E-state index in [1.54, 1.807) is 0 Å². The zero-order chi connectivity index (χ0) is 7.82. The van der Waals surface area contributed by atoms with E-state index in [-0.39, 0.29) is 0 Å². The van der Waals surface area contributed by atoms with Gasteiger partial charge in [-0.15, -0.1) is 0 Å². The Morgan fingerprint density at radius 3 is 2.20 bits per heavy atom. The van der Waals surface area contributed by atoms with E-state index >= 15 is 0 Å². The van der Waals surface area contributed by atoms with Crippen molar-refractivity contribution >= 4 is 0 Å². The van der Waals surface area contributed by atoms with Gasteiger partial charge in [0.15, 0.2) is 0 Å². The van der Waals surface area contributed by atoms with E-state index in [1.165, 1.54) is 32.1 Å². The monoisotopic (exact) mass is 143 g/mol. The van der Waals surface area contributed by atoms with Crippen molar-refractivity contribution in [2.45, 2.75) is 46.0 Å². The largest absolute Gasteiger partial charge is 0.330 e. The van der Waals surface area contributed by atoms with Crippen molar-refractivity contribution in [2.75, 3.05) is 6.54 Å². The van der Waals surface area contributed by atoms with Crippen molar-refractivity contribution in [3.8, 4) is 0 Å². The Morgan fingerprint density at radius 1 is 1.10 bits per heavy atom. The number of rotatable bonds is 6. The Kier molecular flexibility index (Phi) is 7.04. The first-order valence-electron chi connectivity index (χ1n) is 4.55. The molecular weight excluding hydrogens is 122 g/mol. The zero-order valence-electron chi connectivity index (χ0n) is 7.40. The molecule has 0 aromatic carbocycles. The third-order valence-corrected chi connectivity index (χ3v) is 2.00. The van der Waals surface area contributed by atoms with E-state index in [1.807, 2.05) is 0 Å². The van der Waals surface area contributed by atoms with Crippen molar-refractivity contribution < 1.29 is 0 Å². The molecule has 0 aromatic heterocycles. The fraction of sp³-hybridized carbons (Fsp3) is 1.00. The highest BCUT2D eigenvalue weighted by atomic mass is 14.5. The van der Waals surface area contributed by atoms with Gasteiger partial charge in [0.2, 0.25) is 0 Å².